The van der Waals surface area contributed by atoms with Gasteiger partial charge in [-0.15, -0.1) is 11.3 Å². The van der Waals surface area contributed by atoms with Crippen LogP contribution in [0, 0.1) is 0 Å². The molecule has 0 unspecified atom stereocenters. The molecule has 0 saturated heterocycles. The number of nitrogens with zero attached hydrogens (tertiary/aromatic N) is 1. The summed E-state index contributed by atoms with van der Waals surface area (Å²) in [4.78, 5) is 30.6. The van der Waals surface area contributed by atoms with Crippen molar-refractivity contribution in [3.05, 3.63) is 113 Å². The molecule has 1 amide bonds. The van der Waals surface area contributed by atoms with Gasteiger partial charge < -0.3 is 5.32 Å². The van der Waals surface area contributed by atoms with Crippen molar-refractivity contribution in [1.29, 1.82) is 0 Å². The van der Waals surface area contributed by atoms with E-state index in [-0.39, 0.29) is 31.6 Å². The van der Waals surface area contributed by atoms with Gasteiger partial charge in [0.15, 0.2) is 5.78 Å². The van der Waals surface area contributed by atoms with E-state index < -0.39 is 6.04 Å². The molecule has 0 radical (unpaired) electrons. The largest absolute Gasteiger partial charge is 0.342 e. The van der Waals surface area contributed by atoms with E-state index in [1.807, 2.05) is 84.2 Å². The van der Waals surface area contributed by atoms with Crippen molar-refractivity contribution in [2.24, 2.45) is 0 Å². The van der Waals surface area contributed by atoms with E-state index in [1.54, 1.807) is 12.1 Å². The van der Waals surface area contributed by atoms with Gasteiger partial charge in [-0.2, -0.15) is 13.5 Å². The average molecular weight is 475 g/mol. The van der Waals surface area contributed by atoms with Gasteiger partial charge in [0, 0.05) is 16.5 Å². The zero-order valence-electron chi connectivity index (χ0n) is 18.1. The molecule has 0 saturated carbocycles. The van der Waals surface area contributed by atoms with Crippen LogP contribution in [0.1, 0.15) is 27.3 Å². The molecular formula is C27H26N2O2S2. The first-order valence-corrected chi connectivity index (χ1v) is 11.5. The standard InChI is InChI=1S/C27H24N2O2S.H2S/c30-25(18-26-28-24(19-32-26)21-12-6-2-7-13-21)23(17-16-20-10-4-1-5-11-20)29-27(31)22-14-8-3-9-15-22;/h1-15,19,23H,16-18H2,(H,29,31);1H2/t23-;/m0./s1. The lowest BCUT2D eigenvalue weighted by atomic mass is 10.00. The van der Waals surface area contributed by atoms with Crippen molar-refractivity contribution in [1.82, 2.24) is 10.3 Å². The number of thiazole rings is 1. The highest BCUT2D eigenvalue weighted by Gasteiger charge is 2.22. The third-order valence-electron chi connectivity index (χ3n) is 5.24. The number of carbonyl (C=O) groups is 2. The van der Waals surface area contributed by atoms with Crippen molar-refractivity contribution in [3.63, 3.8) is 0 Å². The molecule has 0 spiro atoms. The van der Waals surface area contributed by atoms with Gasteiger partial charge in [-0.3, -0.25) is 9.59 Å². The quantitative estimate of drug-likeness (QED) is 0.350. The van der Waals surface area contributed by atoms with Crippen LogP contribution in [0.3, 0.4) is 0 Å². The van der Waals surface area contributed by atoms with Gasteiger partial charge in [-0.05, 0) is 30.5 Å². The molecule has 1 N–H and O–H groups in total. The van der Waals surface area contributed by atoms with Gasteiger partial charge in [0.2, 0.25) is 0 Å². The number of ketones is 1. The lowest BCUT2D eigenvalue weighted by Gasteiger charge is -2.17. The highest BCUT2D eigenvalue weighted by atomic mass is 32.1. The fourth-order valence-electron chi connectivity index (χ4n) is 3.51. The molecule has 0 aliphatic heterocycles. The van der Waals surface area contributed by atoms with Crippen LogP contribution in [0.4, 0.5) is 0 Å². The fourth-order valence-corrected chi connectivity index (χ4v) is 4.32. The molecule has 3 aromatic carbocycles. The van der Waals surface area contributed by atoms with Crippen molar-refractivity contribution < 1.29 is 9.59 Å². The predicted octanol–water partition coefficient (Wildman–Crippen LogP) is 5.47. The van der Waals surface area contributed by atoms with E-state index in [2.05, 4.69) is 10.3 Å². The lowest BCUT2D eigenvalue weighted by Crippen LogP contribution is -2.42. The lowest BCUT2D eigenvalue weighted by molar-refractivity contribution is -0.120. The van der Waals surface area contributed by atoms with Gasteiger partial charge >= 0.3 is 0 Å². The van der Waals surface area contributed by atoms with Crippen molar-refractivity contribution in [3.8, 4) is 11.3 Å². The van der Waals surface area contributed by atoms with Gasteiger partial charge in [-0.25, -0.2) is 4.98 Å². The molecular weight excluding hydrogens is 448 g/mol. The molecule has 4 nitrogen and oxygen atoms in total. The Morgan fingerprint density at radius 1 is 0.848 bits per heavy atom. The fraction of sp³-hybridized carbons (Fsp3) is 0.148. The number of benzene rings is 3. The number of aryl methyl sites for hydroxylation is 1. The minimum atomic E-state index is -0.577. The SMILES string of the molecule is O=C(N[C@@H](CCc1ccccc1)C(=O)Cc1nc(-c2ccccc2)cs1)c1ccccc1.S. The Labute approximate surface area is 205 Å². The smallest absolute Gasteiger partial charge is 0.251 e. The molecule has 0 bridgehead atoms. The van der Waals surface area contributed by atoms with E-state index >= 15 is 0 Å². The number of amides is 1. The summed E-state index contributed by atoms with van der Waals surface area (Å²) in [6.45, 7) is 0. The summed E-state index contributed by atoms with van der Waals surface area (Å²) in [5.74, 6) is -0.264. The number of carbonyl (C=O) groups excluding carboxylic acids is 2. The Balaban J connectivity index is 0.00000306. The number of aromatic nitrogens is 1. The second-order valence-corrected chi connectivity index (χ2v) is 8.49. The number of hydrogen-bond acceptors (Lipinski definition) is 4. The highest BCUT2D eigenvalue weighted by molar-refractivity contribution is 7.59. The van der Waals surface area contributed by atoms with Gasteiger partial charge in [0.05, 0.1) is 18.2 Å². The second kappa shape index (κ2) is 12.1. The first kappa shape index (κ1) is 24.4. The van der Waals surface area contributed by atoms with E-state index in [0.29, 0.717) is 18.4 Å². The van der Waals surface area contributed by atoms with Crippen LogP contribution in [-0.2, 0) is 17.6 Å². The maximum Gasteiger partial charge on any atom is 0.251 e. The van der Waals surface area contributed by atoms with E-state index in [4.69, 9.17) is 0 Å². The maximum atomic E-state index is 13.2. The second-order valence-electron chi connectivity index (χ2n) is 7.55. The predicted molar refractivity (Wildman–Crippen MR) is 139 cm³/mol. The zero-order chi connectivity index (χ0) is 22.2. The van der Waals surface area contributed by atoms with E-state index in [1.165, 1.54) is 11.3 Å². The molecule has 4 aromatic rings. The van der Waals surface area contributed by atoms with Gasteiger partial charge in [0.1, 0.15) is 5.01 Å². The number of Topliss-reactive ketones (excluding diaryl/α,β-unsaturated/α-hetero) is 1. The Morgan fingerprint density at radius 3 is 2.12 bits per heavy atom. The first-order valence-electron chi connectivity index (χ1n) is 10.6. The normalized spacial score (nSPS) is 11.3. The molecule has 0 aliphatic carbocycles. The third-order valence-corrected chi connectivity index (χ3v) is 6.09. The van der Waals surface area contributed by atoms with Crippen LogP contribution in [0.15, 0.2) is 96.4 Å². The van der Waals surface area contributed by atoms with Crippen LogP contribution >= 0.6 is 24.8 Å². The monoisotopic (exact) mass is 474 g/mol. The Morgan fingerprint density at radius 2 is 1.45 bits per heavy atom. The Hall–Kier alpha value is -3.22. The van der Waals surface area contributed by atoms with Crippen LogP contribution in [0.2, 0.25) is 0 Å². The minimum absolute atomic E-state index is 0. The van der Waals surface area contributed by atoms with Crippen LogP contribution in [0.5, 0.6) is 0 Å². The summed E-state index contributed by atoms with van der Waals surface area (Å²) in [7, 11) is 0. The first-order chi connectivity index (χ1) is 15.7. The summed E-state index contributed by atoms with van der Waals surface area (Å²) in [6.07, 6.45) is 1.45. The summed E-state index contributed by atoms with van der Waals surface area (Å²) < 4.78 is 0. The molecule has 168 valence electrons. The molecule has 1 aromatic heterocycles. The van der Waals surface area contributed by atoms with Crippen LogP contribution < -0.4 is 5.32 Å². The van der Waals surface area contributed by atoms with Crippen molar-refractivity contribution >= 4 is 36.5 Å². The number of hydrogen-bond donors (Lipinski definition) is 1. The molecule has 0 aliphatic rings. The van der Waals surface area contributed by atoms with Crippen LogP contribution in [0.25, 0.3) is 11.3 Å². The zero-order valence-corrected chi connectivity index (χ0v) is 19.9. The maximum absolute atomic E-state index is 13.2. The van der Waals surface area contributed by atoms with Crippen molar-refractivity contribution in [2.45, 2.75) is 25.3 Å². The number of rotatable bonds is 9. The molecule has 4 rings (SSSR count). The molecule has 6 heteroatoms. The van der Waals surface area contributed by atoms with E-state index in [9.17, 15) is 9.59 Å². The molecule has 1 atom stereocenters. The minimum Gasteiger partial charge on any atom is -0.342 e. The van der Waals surface area contributed by atoms with Crippen LogP contribution in [-0.4, -0.2) is 22.7 Å². The molecule has 33 heavy (non-hydrogen) atoms. The van der Waals surface area contributed by atoms with Gasteiger partial charge in [-0.1, -0.05) is 78.9 Å². The number of nitrogens with one attached hydrogen (secondary N) is 1. The summed E-state index contributed by atoms with van der Waals surface area (Å²) >= 11 is 1.48. The molecule has 0 fully saturated rings. The summed E-state index contributed by atoms with van der Waals surface area (Å²) in [5, 5.41) is 5.68. The van der Waals surface area contributed by atoms with Gasteiger partial charge in [0.25, 0.3) is 5.91 Å². The summed E-state index contributed by atoms with van der Waals surface area (Å²) in [6, 6.07) is 28.3. The van der Waals surface area contributed by atoms with E-state index in [0.717, 1.165) is 21.8 Å². The Bertz CT molecular complexity index is 1160. The highest BCUT2D eigenvalue weighted by Crippen LogP contribution is 2.22. The van der Waals surface area contributed by atoms with Crippen molar-refractivity contribution in [2.75, 3.05) is 0 Å². The topological polar surface area (TPSA) is 59.1 Å². The third kappa shape index (κ3) is 6.88. The average Bonchev–Trinajstić information content (AvgIpc) is 3.31. The Kier molecular flexibility index (Phi) is 8.98. The molecule has 1 heterocycles. The summed E-state index contributed by atoms with van der Waals surface area (Å²) in [5.41, 5.74) is 3.58.